The lowest BCUT2D eigenvalue weighted by Gasteiger charge is -2.20. The van der Waals surface area contributed by atoms with Crippen LogP contribution in [0, 0.1) is 5.92 Å². The lowest BCUT2D eigenvalue weighted by Crippen LogP contribution is -2.09. The Bertz CT molecular complexity index is 160. The molecule has 0 aliphatic heterocycles. The van der Waals surface area contributed by atoms with Gasteiger partial charge >= 0.3 is 0 Å². The van der Waals surface area contributed by atoms with Crippen LogP contribution in [0.15, 0.2) is 0 Å². The molecule has 0 atom stereocenters. The normalized spacial score (nSPS) is 18.4. The molecule has 1 aliphatic carbocycles. The molecule has 0 bridgehead atoms. The molecule has 0 aromatic heterocycles. The molecule has 0 unspecified atom stereocenters. The fourth-order valence-corrected chi connectivity index (χ4v) is 2.30. The molecule has 1 aliphatic rings. The molecule has 14 heavy (non-hydrogen) atoms. The maximum absolute atomic E-state index is 11.2. The monoisotopic (exact) mass is 198 g/mol. The third-order valence-corrected chi connectivity index (χ3v) is 3.10. The standard InChI is InChI=1S/C12H22O2/c1-14-10-12(13)9-5-8-11-6-3-2-4-7-11/h11H,2-10H2,1H3. The summed E-state index contributed by atoms with van der Waals surface area (Å²) in [6.07, 6.45) is 10.0. The van der Waals surface area contributed by atoms with Gasteiger partial charge in [0, 0.05) is 13.5 Å². The highest BCUT2D eigenvalue weighted by Gasteiger charge is 2.13. The number of ketones is 1. The van der Waals surface area contributed by atoms with Gasteiger partial charge in [-0.2, -0.15) is 0 Å². The third kappa shape index (κ3) is 4.75. The predicted molar refractivity (Wildman–Crippen MR) is 57.3 cm³/mol. The van der Waals surface area contributed by atoms with Crippen molar-refractivity contribution < 1.29 is 9.53 Å². The quantitative estimate of drug-likeness (QED) is 0.656. The van der Waals surface area contributed by atoms with Crippen LogP contribution in [-0.2, 0) is 9.53 Å². The summed E-state index contributed by atoms with van der Waals surface area (Å²) in [6, 6.07) is 0. The van der Waals surface area contributed by atoms with E-state index in [1.165, 1.54) is 38.5 Å². The van der Waals surface area contributed by atoms with E-state index < -0.39 is 0 Å². The van der Waals surface area contributed by atoms with Crippen molar-refractivity contribution in [2.24, 2.45) is 5.92 Å². The minimum Gasteiger partial charge on any atom is -0.377 e. The highest BCUT2D eigenvalue weighted by molar-refractivity contribution is 5.79. The number of carbonyl (C=O) groups is 1. The second-order valence-corrected chi connectivity index (χ2v) is 4.37. The molecule has 0 heterocycles. The summed E-state index contributed by atoms with van der Waals surface area (Å²) in [5, 5.41) is 0. The molecule has 1 rings (SSSR count). The largest absolute Gasteiger partial charge is 0.377 e. The van der Waals surface area contributed by atoms with Crippen molar-refractivity contribution in [2.75, 3.05) is 13.7 Å². The minimum atomic E-state index is 0.253. The maximum Gasteiger partial charge on any atom is 0.158 e. The molecule has 1 saturated carbocycles. The van der Waals surface area contributed by atoms with Crippen LogP contribution in [-0.4, -0.2) is 19.5 Å². The van der Waals surface area contributed by atoms with Crippen molar-refractivity contribution in [3.8, 4) is 0 Å². The van der Waals surface area contributed by atoms with E-state index in [1.807, 2.05) is 0 Å². The molecule has 2 heteroatoms. The molecule has 0 N–H and O–H groups in total. The molecular weight excluding hydrogens is 176 g/mol. The summed E-state index contributed by atoms with van der Waals surface area (Å²) in [4.78, 5) is 11.2. The van der Waals surface area contributed by atoms with Crippen LogP contribution in [0.25, 0.3) is 0 Å². The highest BCUT2D eigenvalue weighted by Crippen LogP contribution is 2.27. The third-order valence-electron chi connectivity index (χ3n) is 3.10. The lowest BCUT2D eigenvalue weighted by molar-refractivity contribution is -0.122. The molecule has 2 nitrogen and oxygen atoms in total. The zero-order chi connectivity index (χ0) is 10.2. The Morgan fingerprint density at radius 1 is 1.29 bits per heavy atom. The van der Waals surface area contributed by atoms with Gasteiger partial charge in [0.2, 0.25) is 0 Å². The van der Waals surface area contributed by atoms with Crippen LogP contribution in [0.3, 0.4) is 0 Å². The molecule has 0 saturated heterocycles. The van der Waals surface area contributed by atoms with Crippen molar-refractivity contribution in [2.45, 2.75) is 51.4 Å². The average molecular weight is 198 g/mol. The number of Topliss-reactive ketones (excluding diaryl/α,β-unsaturated/α-hetero) is 1. The molecule has 0 radical (unpaired) electrons. The van der Waals surface area contributed by atoms with Crippen molar-refractivity contribution >= 4 is 5.78 Å². The highest BCUT2D eigenvalue weighted by atomic mass is 16.5. The van der Waals surface area contributed by atoms with Gasteiger partial charge in [0.05, 0.1) is 0 Å². The smallest absolute Gasteiger partial charge is 0.158 e. The van der Waals surface area contributed by atoms with Crippen LogP contribution in [0.1, 0.15) is 51.4 Å². The van der Waals surface area contributed by atoms with Crippen LogP contribution < -0.4 is 0 Å². The van der Waals surface area contributed by atoms with E-state index >= 15 is 0 Å². The zero-order valence-electron chi connectivity index (χ0n) is 9.26. The Labute approximate surface area is 87.0 Å². The summed E-state index contributed by atoms with van der Waals surface area (Å²) < 4.78 is 4.80. The van der Waals surface area contributed by atoms with Gasteiger partial charge in [-0.25, -0.2) is 0 Å². The lowest BCUT2D eigenvalue weighted by atomic mass is 9.85. The Morgan fingerprint density at radius 3 is 2.64 bits per heavy atom. The molecule has 0 aromatic rings. The number of ether oxygens (including phenoxy) is 1. The van der Waals surface area contributed by atoms with Gasteiger partial charge in [-0.05, 0) is 12.3 Å². The first-order valence-corrected chi connectivity index (χ1v) is 5.83. The Balaban J connectivity index is 1.99. The summed E-state index contributed by atoms with van der Waals surface area (Å²) >= 11 is 0. The average Bonchev–Trinajstić information content (AvgIpc) is 2.20. The number of rotatable bonds is 6. The zero-order valence-corrected chi connectivity index (χ0v) is 9.26. The molecular formula is C12H22O2. The van der Waals surface area contributed by atoms with Gasteiger partial charge in [-0.15, -0.1) is 0 Å². The van der Waals surface area contributed by atoms with Crippen LogP contribution in [0.4, 0.5) is 0 Å². The molecule has 0 aromatic carbocycles. The Morgan fingerprint density at radius 2 is 2.00 bits per heavy atom. The Kier molecular flexibility index (Phi) is 5.85. The van der Waals surface area contributed by atoms with Gasteiger partial charge in [-0.1, -0.05) is 38.5 Å². The van der Waals surface area contributed by atoms with E-state index in [1.54, 1.807) is 7.11 Å². The minimum absolute atomic E-state index is 0.253. The maximum atomic E-state index is 11.2. The number of methoxy groups -OCH3 is 1. The fourth-order valence-electron chi connectivity index (χ4n) is 2.30. The van der Waals surface area contributed by atoms with Crippen molar-refractivity contribution in [3.05, 3.63) is 0 Å². The van der Waals surface area contributed by atoms with Gasteiger partial charge in [0.15, 0.2) is 5.78 Å². The van der Waals surface area contributed by atoms with Crippen molar-refractivity contribution in [1.82, 2.24) is 0 Å². The predicted octanol–water partition coefficient (Wildman–Crippen LogP) is 2.95. The topological polar surface area (TPSA) is 26.3 Å². The molecule has 0 amide bonds. The van der Waals surface area contributed by atoms with Crippen molar-refractivity contribution in [3.63, 3.8) is 0 Å². The van der Waals surface area contributed by atoms with Gasteiger partial charge in [-0.3, -0.25) is 4.79 Å². The molecule has 1 fully saturated rings. The molecule has 0 spiro atoms. The first-order valence-electron chi connectivity index (χ1n) is 5.83. The van der Waals surface area contributed by atoms with E-state index in [0.29, 0.717) is 13.0 Å². The van der Waals surface area contributed by atoms with Crippen LogP contribution in [0.5, 0.6) is 0 Å². The van der Waals surface area contributed by atoms with E-state index in [2.05, 4.69) is 0 Å². The van der Waals surface area contributed by atoms with Crippen LogP contribution >= 0.6 is 0 Å². The molecule has 82 valence electrons. The number of hydrogen-bond donors (Lipinski definition) is 0. The summed E-state index contributed by atoms with van der Waals surface area (Å²) in [6.45, 7) is 0.296. The van der Waals surface area contributed by atoms with E-state index in [4.69, 9.17) is 4.74 Å². The first-order chi connectivity index (χ1) is 6.83. The summed E-state index contributed by atoms with van der Waals surface area (Å²) in [5.41, 5.74) is 0. The van der Waals surface area contributed by atoms with E-state index in [9.17, 15) is 4.79 Å². The van der Waals surface area contributed by atoms with Gasteiger partial charge in [0.25, 0.3) is 0 Å². The number of hydrogen-bond acceptors (Lipinski definition) is 2. The van der Waals surface area contributed by atoms with Crippen molar-refractivity contribution in [1.29, 1.82) is 0 Å². The Hall–Kier alpha value is -0.370. The van der Waals surface area contributed by atoms with E-state index in [0.717, 1.165) is 12.3 Å². The second kappa shape index (κ2) is 6.99. The van der Waals surface area contributed by atoms with E-state index in [-0.39, 0.29) is 5.78 Å². The second-order valence-electron chi connectivity index (χ2n) is 4.37. The summed E-state index contributed by atoms with van der Waals surface area (Å²) in [7, 11) is 1.58. The number of carbonyl (C=O) groups excluding carboxylic acids is 1. The summed E-state index contributed by atoms with van der Waals surface area (Å²) in [5.74, 6) is 1.16. The SMILES string of the molecule is COCC(=O)CCCC1CCCCC1. The van der Waals surface area contributed by atoms with Gasteiger partial charge in [0.1, 0.15) is 6.61 Å². The van der Waals surface area contributed by atoms with Crippen LogP contribution in [0.2, 0.25) is 0 Å². The fraction of sp³-hybridized carbons (Fsp3) is 0.917. The first kappa shape index (κ1) is 11.7. The van der Waals surface area contributed by atoms with Gasteiger partial charge < -0.3 is 4.74 Å².